The van der Waals surface area contributed by atoms with Gasteiger partial charge in [0.25, 0.3) is 11.5 Å². The Labute approximate surface area is 136 Å². The number of nitrogens with one attached hydrogen (secondary N) is 1. The molecule has 0 saturated carbocycles. The van der Waals surface area contributed by atoms with Gasteiger partial charge in [-0.3, -0.25) is 14.6 Å². The van der Waals surface area contributed by atoms with Crippen LogP contribution in [0.25, 0.3) is 0 Å². The van der Waals surface area contributed by atoms with Gasteiger partial charge in [-0.05, 0) is 17.9 Å². The fraction of sp³-hybridized carbons (Fsp3) is 0.357. The van der Waals surface area contributed by atoms with Crippen molar-refractivity contribution < 1.29 is 4.79 Å². The summed E-state index contributed by atoms with van der Waals surface area (Å²) in [4.78, 5) is 35.8. The van der Waals surface area contributed by atoms with Crippen LogP contribution >= 0.6 is 22.9 Å². The standard InChI is InChI=1S/C14H15ClN4O2S/c1-18(2)14-16-10-7-19(5-3-8(10)12(20)17-14)13(21)11-9(15)4-6-22-11/h4,6H,3,5,7H2,1-2H3,(H,16,17,20). The third kappa shape index (κ3) is 2.62. The summed E-state index contributed by atoms with van der Waals surface area (Å²) in [5.41, 5.74) is 1.18. The molecule has 2 aromatic rings. The van der Waals surface area contributed by atoms with Gasteiger partial charge in [-0.25, -0.2) is 4.98 Å². The molecule has 3 heterocycles. The lowest BCUT2D eigenvalue weighted by molar-refractivity contribution is 0.0736. The van der Waals surface area contributed by atoms with Gasteiger partial charge < -0.3 is 9.80 Å². The van der Waals surface area contributed by atoms with Crippen molar-refractivity contribution in [3.8, 4) is 0 Å². The average molecular weight is 339 g/mol. The van der Waals surface area contributed by atoms with E-state index < -0.39 is 0 Å². The number of aromatic amines is 1. The van der Waals surface area contributed by atoms with Gasteiger partial charge in [0.05, 0.1) is 17.3 Å². The van der Waals surface area contributed by atoms with Crippen LogP contribution in [0.3, 0.4) is 0 Å². The maximum absolute atomic E-state index is 12.5. The second kappa shape index (κ2) is 5.73. The third-order valence-corrected chi connectivity index (χ3v) is 4.91. The first-order chi connectivity index (χ1) is 10.5. The van der Waals surface area contributed by atoms with E-state index in [0.29, 0.717) is 46.6 Å². The number of carbonyl (C=O) groups is 1. The first-order valence-corrected chi connectivity index (χ1v) is 8.05. The van der Waals surface area contributed by atoms with E-state index in [4.69, 9.17) is 11.6 Å². The smallest absolute Gasteiger partial charge is 0.265 e. The van der Waals surface area contributed by atoms with Crippen molar-refractivity contribution in [2.24, 2.45) is 0 Å². The number of thiophene rings is 1. The molecule has 1 amide bonds. The molecule has 116 valence electrons. The lowest BCUT2D eigenvalue weighted by atomic mass is 10.1. The lowest BCUT2D eigenvalue weighted by Crippen LogP contribution is -2.39. The Hall–Kier alpha value is -1.86. The Kier molecular flexibility index (Phi) is 3.92. The van der Waals surface area contributed by atoms with E-state index in [0.717, 1.165) is 0 Å². The summed E-state index contributed by atoms with van der Waals surface area (Å²) in [5, 5.41) is 2.26. The number of aromatic nitrogens is 2. The van der Waals surface area contributed by atoms with Crippen LogP contribution in [0.4, 0.5) is 5.95 Å². The number of halogens is 1. The Morgan fingerprint density at radius 1 is 1.50 bits per heavy atom. The molecule has 8 heteroatoms. The average Bonchev–Trinajstić information content (AvgIpc) is 2.91. The molecule has 0 aliphatic carbocycles. The van der Waals surface area contributed by atoms with Crippen LogP contribution in [0.1, 0.15) is 20.9 Å². The summed E-state index contributed by atoms with van der Waals surface area (Å²) < 4.78 is 0. The zero-order chi connectivity index (χ0) is 15.9. The van der Waals surface area contributed by atoms with Gasteiger partial charge in [0.1, 0.15) is 4.88 Å². The van der Waals surface area contributed by atoms with E-state index in [9.17, 15) is 9.59 Å². The predicted molar refractivity (Wildman–Crippen MR) is 87.0 cm³/mol. The number of H-pyrrole nitrogens is 1. The maximum atomic E-state index is 12.5. The summed E-state index contributed by atoms with van der Waals surface area (Å²) >= 11 is 7.36. The van der Waals surface area contributed by atoms with Crippen molar-refractivity contribution in [1.82, 2.24) is 14.9 Å². The van der Waals surface area contributed by atoms with Gasteiger partial charge in [-0.15, -0.1) is 11.3 Å². The summed E-state index contributed by atoms with van der Waals surface area (Å²) in [5.74, 6) is 0.381. The van der Waals surface area contributed by atoms with Gasteiger partial charge in [-0.1, -0.05) is 11.6 Å². The lowest BCUT2D eigenvalue weighted by Gasteiger charge is -2.28. The summed E-state index contributed by atoms with van der Waals surface area (Å²) in [7, 11) is 3.61. The highest BCUT2D eigenvalue weighted by Gasteiger charge is 2.27. The highest BCUT2D eigenvalue weighted by atomic mass is 35.5. The van der Waals surface area contributed by atoms with Gasteiger partial charge in [-0.2, -0.15) is 0 Å². The monoisotopic (exact) mass is 338 g/mol. The number of hydrogen-bond donors (Lipinski definition) is 1. The van der Waals surface area contributed by atoms with Gasteiger partial charge in [0.15, 0.2) is 0 Å². The predicted octanol–water partition coefficient (Wildman–Crippen LogP) is 1.75. The van der Waals surface area contributed by atoms with E-state index in [1.54, 1.807) is 21.2 Å². The number of carbonyl (C=O) groups excluding carboxylic acids is 1. The molecule has 22 heavy (non-hydrogen) atoms. The van der Waals surface area contributed by atoms with E-state index >= 15 is 0 Å². The zero-order valence-corrected chi connectivity index (χ0v) is 13.8. The minimum absolute atomic E-state index is 0.112. The van der Waals surface area contributed by atoms with Crippen LogP contribution < -0.4 is 10.5 Å². The Morgan fingerprint density at radius 3 is 2.91 bits per heavy atom. The Bertz CT molecular complexity index is 783. The fourth-order valence-corrected chi connectivity index (χ4v) is 3.50. The van der Waals surface area contributed by atoms with E-state index in [1.165, 1.54) is 11.3 Å². The fourth-order valence-electron chi connectivity index (χ4n) is 2.40. The van der Waals surface area contributed by atoms with Gasteiger partial charge in [0, 0.05) is 26.2 Å². The number of nitrogens with zero attached hydrogens (tertiary/aromatic N) is 3. The quantitative estimate of drug-likeness (QED) is 0.905. The molecule has 0 saturated heterocycles. The van der Waals surface area contributed by atoms with Crippen LogP contribution in [0, 0.1) is 0 Å². The summed E-state index contributed by atoms with van der Waals surface area (Å²) in [6.45, 7) is 0.819. The number of amides is 1. The van der Waals surface area contributed by atoms with Crippen molar-refractivity contribution in [1.29, 1.82) is 0 Å². The molecule has 1 aliphatic rings. The molecule has 2 aromatic heterocycles. The van der Waals surface area contributed by atoms with E-state index in [2.05, 4.69) is 9.97 Å². The molecule has 0 fully saturated rings. The molecule has 1 N–H and O–H groups in total. The molecule has 0 unspecified atom stereocenters. The van der Waals surface area contributed by atoms with Gasteiger partial charge in [0.2, 0.25) is 5.95 Å². The minimum Gasteiger partial charge on any atom is -0.348 e. The van der Waals surface area contributed by atoms with E-state index in [-0.39, 0.29) is 11.5 Å². The van der Waals surface area contributed by atoms with Crippen LogP contribution in [0.15, 0.2) is 16.2 Å². The third-order valence-electron chi connectivity index (χ3n) is 3.58. The Balaban J connectivity index is 1.92. The highest BCUT2D eigenvalue weighted by molar-refractivity contribution is 7.12. The van der Waals surface area contributed by atoms with Crippen molar-refractivity contribution in [3.63, 3.8) is 0 Å². The van der Waals surface area contributed by atoms with Crippen LogP contribution in [-0.4, -0.2) is 41.4 Å². The first-order valence-electron chi connectivity index (χ1n) is 6.79. The normalized spacial score (nSPS) is 13.9. The summed E-state index contributed by atoms with van der Waals surface area (Å²) in [6.07, 6.45) is 0.500. The number of fused-ring (bicyclic) bond motifs is 1. The zero-order valence-electron chi connectivity index (χ0n) is 12.2. The van der Waals surface area contributed by atoms with Crippen molar-refractivity contribution in [2.45, 2.75) is 13.0 Å². The van der Waals surface area contributed by atoms with Crippen LogP contribution in [0.2, 0.25) is 5.02 Å². The largest absolute Gasteiger partial charge is 0.348 e. The number of rotatable bonds is 2. The van der Waals surface area contributed by atoms with Crippen LogP contribution in [-0.2, 0) is 13.0 Å². The second-order valence-corrected chi connectivity index (χ2v) is 6.61. The SMILES string of the molecule is CN(C)c1nc2c(c(=O)[nH]1)CCN(C(=O)c1sccc1Cl)C2. The second-order valence-electron chi connectivity index (χ2n) is 5.28. The first kappa shape index (κ1) is 15.1. The molecule has 0 aromatic carbocycles. The molecule has 1 aliphatic heterocycles. The van der Waals surface area contributed by atoms with Crippen molar-refractivity contribution >= 4 is 34.8 Å². The molecular weight excluding hydrogens is 324 g/mol. The molecule has 0 bridgehead atoms. The molecule has 0 spiro atoms. The van der Waals surface area contributed by atoms with Crippen LogP contribution in [0.5, 0.6) is 0 Å². The maximum Gasteiger partial charge on any atom is 0.265 e. The topological polar surface area (TPSA) is 69.3 Å². The number of anilines is 1. The van der Waals surface area contributed by atoms with E-state index in [1.807, 2.05) is 14.1 Å². The van der Waals surface area contributed by atoms with Crippen molar-refractivity contribution in [2.75, 3.05) is 25.5 Å². The Morgan fingerprint density at radius 2 is 2.27 bits per heavy atom. The molecule has 0 radical (unpaired) electrons. The highest BCUT2D eigenvalue weighted by Crippen LogP contribution is 2.26. The number of hydrogen-bond acceptors (Lipinski definition) is 5. The molecule has 6 nitrogen and oxygen atoms in total. The van der Waals surface area contributed by atoms with Gasteiger partial charge >= 0.3 is 0 Å². The van der Waals surface area contributed by atoms with Crippen molar-refractivity contribution in [3.05, 3.63) is 43.0 Å². The molecule has 3 rings (SSSR count). The minimum atomic E-state index is -0.130. The molecular formula is C14H15ClN4O2S. The molecule has 0 atom stereocenters. The summed E-state index contributed by atoms with van der Waals surface area (Å²) in [6, 6.07) is 1.71.